The molecule has 3 rings (SSSR count). The van der Waals surface area contributed by atoms with E-state index in [1.54, 1.807) is 43.3 Å². The number of anilines is 1. The molecule has 28 heavy (non-hydrogen) atoms. The van der Waals surface area contributed by atoms with Crippen molar-refractivity contribution in [2.24, 2.45) is 0 Å². The van der Waals surface area contributed by atoms with Crippen molar-refractivity contribution in [2.75, 3.05) is 5.32 Å². The first kappa shape index (κ1) is 19.2. The minimum absolute atomic E-state index is 0.234. The maximum atomic E-state index is 12.3. The van der Waals surface area contributed by atoms with Crippen molar-refractivity contribution in [1.29, 1.82) is 0 Å². The smallest absolute Gasteiger partial charge is 0.352 e. The zero-order valence-corrected chi connectivity index (χ0v) is 15.7. The van der Waals surface area contributed by atoms with Gasteiger partial charge in [-0.1, -0.05) is 35.9 Å². The average molecular weight is 375 g/mol. The highest BCUT2D eigenvalue weighted by Crippen LogP contribution is 2.17. The van der Waals surface area contributed by atoms with Gasteiger partial charge in [-0.15, -0.1) is 0 Å². The number of rotatable bonds is 6. The van der Waals surface area contributed by atoms with Gasteiger partial charge in [0, 0.05) is 11.3 Å². The summed E-state index contributed by atoms with van der Waals surface area (Å²) in [5.74, 6) is 0.193. The van der Waals surface area contributed by atoms with Gasteiger partial charge in [-0.2, -0.15) is 0 Å². The highest BCUT2D eigenvalue weighted by Gasteiger charge is 2.17. The highest BCUT2D eigenvalue weighted by molar-refractivity contribution is 6.04. The van der Waals surface area contributed by atoms with E-state index in [-0.39, 0.29) is 5.91 Å². The second-order valence-corrected chi connectivity index (χ2v) is 6.34. The third-order valence-electron chi connectivity index (χ3n) is 4.03. The minimum Gasteiger partial charge on any atom is -0.479 e. The quantitative estimate of drug-likeness (QED) is 0.504. The van der Waals surface area contributed by atoms with Gasteiger partial charge in [0.25, 0.3) is 5.91 Å². The average Bonchev–Trinajstić information content (AvgIpc) is 2.71. The maximum Gasteiger partial charge on any atom is 0.352 e. The summed E-state index contributed by atoms with van der Waals surface area (Å²) >= 11 is 0. The van der Waals surface area contributed by atoms with Crippen LogP contribution in [-0.2, 0) is 4.79 Å². The standard InChI is InChI=1S/C23H21NO4/c1-16-8-12-19(13-9-16)24-22(25)18-10-14-21(15-11-18)28-23(26)17(2)27-20-6-4-3-5-7-20/h3-15,17H,1-2H3,(H,24,25). The van der Waals surface area contributed by atoms with Gasteiger partial charge >= 0.3 is 5.97 Å². The topological polar surface area (TPSA) is 64.6 Å². The van der Waals surface area contributed by atoms with Gasteiger partial charge in [-0.05, 0) is 62.4 Å². The molecular weight excluding hydrogens is 354 g/mol. The molecule has 5 heteroatoms. The number of carbonyl (C=O) groups is 2. The summed E-state index contributed by atoms with van der Waals surface area (Å²) in [5.41, 5.74) is 2.31. The van der Waals surface area contributed by atoms with E-state index < -0.39 is 12.1 Å². The lowest BCUT2D eigenvalue weighted by Gasteiger charge is -2.14. The lowest BCUT2D eigenvalue weighted by molar-refractivity contribution is -0.141. The third-order valence-corrected chi connectivity index (χ3v) is 4.03. The van der Waals surface area contributed by atoms with E-state index in [2.05, 4.69) is 5.32 Å². The minimum atomic E-state index is -0.757. The molecule has 0 aromatic heterocycles. The molecule has 0 fully saturated rings. The van der Waals surface area contributed by atoms with Crippen molar-refractivity contribution in [3.63, 3.8) is 0 Å². The Labute approximate surface area is 163 Å². The Morgan fingerprint density at radius 2 is 1.46 bits per heavy atom. The molecule has 0 saturated heterocycles. The fraction of sp³-hybridized carbons (Fsp3) is 0.130. The Morgan fingerprint density at radius 1 is 0.821 bits per heavy atom. The molecule has 0 aliphatic heterocycles. The van der Waals surface area contributed by atoms with E-state index in [1.807, 2.05) is 49.4 Å². The van der Waals surface area contributed by atoms with Gasteiger partial charge in [0.1, 0.15) is 11.5 Å². The van der Waals surface area contributed by atoms with Crippen LogP contribution in [-0.4, -0.2) is 18.0 Å². The number of para-hydroxylation sites is 1. The van der Waals surface area contributed by atoms with Gasteiger partial charge in [0.2, 0.25) is 0 Å². The fourth-order valence-corrected chi connectivity index (χ4v) is 2.46. The lowest BCUT2D eigenvalue weighted by atomic mass is 10.2. The summed E-state index contributed by atoms with van der Waals surface area (Å²) in [7, 11) is 0. The molecule has 0 spiro atoms. The van der Waals surface area contributed by atoms with E-state index in [1.165, 1.54) is 0 Å². The molecule has 5 nitrogen and oxygen atoms in total. The number of benzene rings is 3. The van der Waals surface area contributed by atoms with E-state index >= 15 is 0 Å². The molecule has 1 atom stereocenters. The monoisotopic (exact) mass is 375 g/mol. The molecule has 0 saturated carbocycles. The normalized spacial score (nSPS) is 11.4. The molecule has 0 aliphatic rings. The molecule has 3 aromatic rings. The Morgan fingerprint density at radius 3 is 2.11 bits per heavy atom. The first-order valence-electron chi connectivity index (χ1n) is 8.93. The van der Waals surface area contributed by atoms with Crippen LogP contribution in [0.1, 0.15) is 22.8 Å². The molecule has 3 aromatic carbocycles. The Kier molecular flexibility index (Phi) is 6.07. The van der Waals surface area contributed by atoms with Crippen molar-refractivity contribution in [1.82, 2.24) is 0 Å². The van der Waals surface area contributed by atoms with Gasteiger partial charge in [-0.3, -0.25) is 4.79 Å². The maximum absolute atomic E-state index is 12.3. The van der Waals surface area contributed by atoms with Crippen LogP contribution < -0.4 is 14.8 Å². The van der Waals surface area contributed by atoms with Crippen LogP contribution >= 0.6 is 0 Å². The van der Waals surface area contributed by atoms with E-state index in [9.17, 15) is 9.59 Å². The number of carbonyl (C=O) groups excluding carboxylic acids is 2. The van der Waals surface area contributed by atoms with Gasteiger partial charge < -0.3 is 14.8 Å². The van der Waals surface area contributed by atoms with Crippen LogP contribution in [0.3, 0.4) is 0 Å². The molecule has 1 unspecified atom stereocenters. The van der Waals surface area contributed by atoms with Crippen molar-refractivity contribution in [3.05, 3.63) is 90.0 Å². The largest absolute Gasteiger partial charge is 0.479 e. The zero-order chi connectivity index (χ0) is 19.9. The van der Waals surface area contributed by atoms with Crippen molar-refractivity contribution < 1.29 is 19.1 Å². The SMILES string of the molecule is Cc1ccc(NC(=O)c2ccc(OC(=O)C(C)Oc3ccccc3)cc2)cc1. The number of aryl methyl sites for hydroxylation is 1. The van der Waals surface area contributed by atoms with Gasteiger partial charge in [0.05, 0.1) is 0 Å². The van der Waals surface area contributed by atoms with E-state index in [4.69, 9.17) is 9.47 Å². The summed E-state index contributed by atoms with van der Waals surface area (Å²) < 4.78 is 10.9. The summed E-state index contributed by atoms with van der Waals surface area (Å²) in [6.45, 7) is 3.61. The van der Waals surface area contributed by atoms with Crippen LogP contribution in [0.2, 0.25) is 0 Å². The predicted octanol–water partition coefficient (Wildman–Crippen LogP) is 4.62. The predicted molar refractivity (Wildman–Crippen MR) is 108 cm³/mol. The molecule has 0 bridgehead atoms. The number of ether oxygens (including phenoxy) is 2. The number of amides is 1. The number of esters is 1. The van der Waals surface area contributed by atoms with Crippen LogP contribution in [0.25, 0.3) is 0 Å². The van der Waals surface area contributed by atoms with Crippen LogP contribution in [0.15, 0.2) is 78.9 Å². The summed E-state index contributed by atoms with van der Waals surface area (Å²) in [5, 5.41) is 2.82. The van der Waals surface area contributed by atoms with Gasteiger partial charge in [0.15, 0.2) is 6.10 Å². The molecule has 1 N–H and O–H groups in total. The zero-order valence-electron chi connectivity index (χ0n) is 15.7. The number of hydrogen-bond acceptors (Lipinski definition) is 4. The first-order chi connectivity index (χ1) is 13.5. The highest BCUT2D eigenvalue weighted by atomic mass is 16.6. The van der Waals surface area contributed by atoms with Gasteiger partial charge in [-0.25, -0.2) is 4.79 Å². The Bertz CT molecular complexity index is 935. The van der Waals surface area contributed by atoms with E-state index in [0.29, 0.717) is 17.1 Å². The summed E-state index contributed by atoms with van der Waals surface area (Å²) in [6, 6.07) is 23.0. The molecule has 1 amide bonds. The number of hydrogen-bond donors (Lipinski definition) is 1. The number of nitrogens with one attached hydrogen (secondary N) is 1. The third kappa shape index (κ3) is 5.20. The molecule has 0 radical (unpaired) electrons. The van der Waals surface area contributed by atoms with Crippen molar-refractivity contribution in [3.8, 4) is 11.5 Å². The van der Waals surface area contributed by atoms with Crippen LogP contribution in [0.4, 0.5) is 5.69 Å². The first-order valence-corrected chi connectivity index (χ1v) is 8.93. The summed E-state index contributed by atoms with van der Waals surface area (Å²) in [6.07, 6.45) is -0.757. The molecular formula is C23H21NO4. The second-order valence-electron chi connectivity index (χ2n) is 6.34. The molecule has 142 valence electrons. The van der Waals surface area contributed by atoms with Crippen molar-refractivity contribution >= 4 is 17.6 Å². The second kappa shape index (κ2) is 8.86. The Hall–Kier alpha value is -3.60. The van der Waals surface area contributed by atoms with E-state index in [0.717, 1.165) is 11.3 Å². The van der Waals surface area contributed by atoms with Crippen LogP contribution in [0, 0.1) is 6.92 Å². The molecule has 0 heterocycles. The Balaban J connectivity index is 1.56. The molecule has 0 aliphatic carbocycles. The lowest BCUT2D eigenvalue weighted by Crippen LogP contribution is -2.28. The van der Waals surface area contributed by atoms with Crippen molar-refractivity contribution in [2.45, 2.75) is 20.0 Å². The fourth-order valence-electron chi connectivity index (χ4n) is 2.46. The summed E-state index contributed by atoms with van der Waals surface area (Å²) in [4.78, 5) is 24.5. The van der Waals surface area contributed by atoms with Crippen LogP contribution in [0.5, 0.6) is 11.5 Å².